The molecule has 1 aliphatic rings. The number of hydrogen-bond donors (Lipinski definition) is 1. The maximum absolute atomic E-state index is 12.8. The van der Waals surface area contributed by atoms with E-state index in [1.807, 2.05) is 30.3 Å². The van der Waals surface area contributed by atoms with Gasteiger partial charge in [-0.15, -0.1) is 0 Å². The van der Waals surface area contributed by atoms with Crippen molar-refractivity contribution in [3.63, 3.8) is 0 Å². The number of hydrogen-bond acceptors (Lipinski definition) is 6. The van der Waals surface area contributed by atoms with Gasteiger partial charge < -0.3 is 15.0 Å². The maximum atomic E-state index is 12.8. The second kappa shape index (κ2) is 8.99. The van der Waals surface area contributed by atoms with Crippen molar-refractivity contribution >= 4 is 27.9 Å². The first-order chi connectivity index (χ1) is 13.9. The summed E-state index contributed by atoms with van der Waals surface area (Å²) in [7, 11) is -3.13. The SMILES string of the molecule is O=CCC[C@H](NC(=O)c1cnn(-c2ccccc2)c1)C(=O)N1CCS(=O)(=O)CC1. The summed E-state index contributed by atoms with van der Waals surface area (Å²) in [4.78, 5) is 37.6. The Hall–Kier alpha value is -3.01. The van der Waals surface area contributed by atoms with E-state index in [0.717, 1.165) is 5.69 Å². The summed E-state index contributed by atoms with van der Waals surface area (Å²) in [5.41, 5.74) is 1.06. The second-order valence-electron chi connectivity index (χ2n) is 6.76. The van der Waals surface area contributed by atoms with Gasteiger partial charge in [0.2, 0.25) is 5.91 Å². The van der Waals surface area contributed by atoms with Crippen LogP contribution in [0.25, 0.3) is 5.69 Å². The van der Waals surface area contributed by atoms with Gasteiger partial charge in [0, 0.05) is 25.7 Å². The zero-order valence-electron chi connectivity index (χ0n) is 15.7. The molecule has 9 nitrogen and oxygen atoms in total. The van der Waals surface area contributed by atoms with Crippen molar-refractivity contribution in [2.75, 3.05) is 24.6 Å². The zero-order chi connectivity index (χ0) is 20.9. The van der Waals surface area contributed by atoms with Crippen molar-refractivity contribution in [3.05, 3.63) is 48.3 Å². The van der Waals surface area contributed by atoms with Crippen molar-refractivity contribution in [2.24, 2.45) is 0 Å². The van der Waals surface area contributed by atoms with Crippen molar-refractivity contribution in [3.8, 4) is 5.69 Å². The van der Waals surface area contributed by atoms with Crippen molar-refractivity contribution in [2.45, 2.75) is 18.9 Å². The lowest BCUT2D eigenvalue weighted by Gasteiger charge is -2.30. The van der Waals surface area contributed by atoms with Gasteiger partial charge in [-0.2, -0.15) is 5.10 Å². The predicted molar refractivity (Wildman–Crippen MR) is 105 cm³/mol. The fraction of sp³-hybridized carbons (Fsp3) is 0.368. The van der Waals surface area contributed by atoms with E-state index in [0.29, 0.717) is 6.29 Å². The number of aromatic nitrogens is 2. The van der Waals surface area contributed by atoms with Crippen LogP contribution in [-0.2, 0) is 19.4 Å². The quantitative estimate of drug-likeness (QED) is 0.642. The van der Waals surface area contributed by atoms with Crippen LogP contribution in [-0.4, -0.2) is 71.8 Å². The Morgan fingerprint density at radius 1 is 1.17 bits per heavy atom. The number of nitrogens with one attached hydrogen (secondary N) is 1. The van der Waals surface area contributed by atoms with Gasteiger partial charge >= 0.3 is 0 Å². The number of carbonyl (C=O) groups is 3. The van der Waals surface area contributed by atoms with E-state index in [4.69, 9.17) is 0 Å². The van der Waals surface area contributed by atoms with Crippen LogP contribution in [0.3, 0.4) is 0 Å². The molecule has 1 aromatic heterocycles. The Balaban J connectivity index is 1.69. The lowest BCUT2D eigenvalue weighted by Crippen LogP contribution is -2.52. The number of sulfone groups is 1. The number of carbonyl (C=O) groups excluding carboxylic acids is 3. The highest BCUT2D eigenvalue weighted by molar-refractivity contribution is 7.91. The molecule has 1 aromatic carbocycles. The number of aldehydes is 1. The lowest BCUT2D eigenvalue weighted by molar-refractivity contribution is -0.133. The van der Waals surface area contributed by atoms with Gasteiger partial charge in [-0.3, -0.25) is 9.59 Å². The Labute approximate surface area is 168 Å². The van der Waals surface area contributed by atoms with Gasteiger partial charge in [-0.25, -0.2) is 13.1 Å². The van der Waals surface area contributed by atoms with Gasteiger partial charge in [0.15, 0.2) is 9.84 Å². The first-order valence-electron chi connectivity index (χ1n) is 9.23. The maximum Gasteiger partial charge on any atom is 0.255 e. The van der Waals surface area contributed by atoms with E-state index in [2.05, 4.69) is 10.4 Å². The Morgan fingerprint density at radius 2 is 1.86 bits per heavy atom. The normalized spacial score (nSPS) is 16.8. The minimum atomic E-state index is -3.13. The first kappa shape index (κ1) is 20.7. The van der Waals surface area contributed by atoms with Gasteiger partial charge in [0.05, 0.1) is 29.0 Å². The fourth-order valence-corrected chi connectivity index (χ4v) is 4.25. The summed E-state index contributed by atoms with van der Waals surface area (Å²) in [6.45, 7) is 0.168. The van der Waals surface area contributed by atoms with Crippen LogP contribution < -0.4 is 5.32 Å². The molecule has 2 aromatic rings. The largest absolute Gasteiger partial charge is 0.340 e. The highest BCUT2D eigenvalue weighted by Crippen LogP contribution is 2.11. The van der Waals surface area contributed by atoms with Crippen LogP contribution in [0.5, 0.6) is 0 Å². The molecule has 1 aliphatic heterocycles. The monoisotopic (exact) mass is 418 g/mol. The highest BCUT2D eigenvalue weighted by atomic mass is 32.2. The molecular formula is C19H22N4O5S. The molecule has 154 valence electrons. The Kier molecular flexibility index (Phi) is 6.42. The summed E-state index contributed by atoms with van der Waals surface area (Å²) in [6.07, 6.45) is 3.88. The third kappa shape index (κ3) is 5.29. The minimum Gasteiger partial charge on any atom is -0.340 e. The third-order valence-electron chi connectivity index (χ3n) is 4.70. The van der Waals surface area contributed by atoms with Gasteiger partial charge in [0.1, 0.15) is 12.3 Å². The molecule has 1 saturated heterocycles. The molecular weight excluding hydrogens is 396 g/mol. The molecule has 3 rings (SSSR count). The number of benzene rings is 1. The zero-order valence-corrected chi connectivity index (χ0v) is 16.5. The van der Waals surface area contributed by atoms with Crippen LogP contribution in [0, 0.1) is 0 Å². The van der Waals surface area contributed by atoms with E-state index in [1.165, 1.54) is 11.1 Å². The predicted octanol–water partition coefficient (Wildman–Crippen LogP) is 0.207. The topological polar surface area (TPSA) is 118 Å². The molecule has 1 atom stereocenters. The molecule has 2 amide bonds. The molecule has 2 heterocycles. The van der Waals surface area contributed by atoms with Crippen molar-refractivity contribution in [1.29, 1.82) is 0 Å². The highest BCUT2D eigenvalue weighted by Gasteiger charge is 2.30. The summed E-state index contributed by atoms with van der Waals surface area (Å²) in [6, 6.07) is 8.35. The summed E-state index contributed by atoms with van der Waals surface area (Å²) < 4.78 is 24.7. The smallest absolute Gasteiger partial charge is 0.255 e. The van der Waals surface area contributed by atoms with Crippen LogP contribution in [0.2, 0.25) is 0 Å². The average molecular weight is 418 g/mol. The van der Waals surface area contributed by atoms with Crippen molar-refractivity contribution < 1.29 is 22.8 Å². The molecule has 0 unspecified atom stereocenters. The van der Waals surface area contributed by atoms with Crippen LogP contribution in [0.15, 0.2) is 42.7 Å². The van der Waals surface area contributed by atoms with E-state index >= 15 is 0 Å². The molecule has 0 radical (unpaired) electrons. The summed E-state index contributed by atoms with van der Waals surface area (Å²) in [5.74, 6) is -1.07. The van der Waals surface area contributed by atoms with E-state index in [-0.39, 0.29) is 48.9 Å². The molecule has 0 spiro atoms. The van der Waals surface area contributed by atoms with Crippen molar-refractivity contribution in [1.82, 2.24) is 20.0 Å². The van der Waals surface area contributed by atoms with Gasteiger partial charge in [0.25, 0.3) is 5.91 Å². The molecule has 29 heavy (non-hydrogen) atoms. The number of amides is 2. The first-order valence-corrected chi connectivity index (χ1v) is 11.1. The third-order valence-corrected chi connectivity index (χ3v) is 6.31. The molecule has 0 bridgehead atoms. The van der Waals surface area contributed by atoms with Gasteiger partial charge in [-0.05, 0) is 18.6 Å². The van der Waals surface area contributed by atoms with E-state index < -0.39 is 21.8 Å². The lowest BCUT2D eigenvalue weighted by atomic mass is 10.1. The molecule has 0 saturated carbocycles. The Morgan fingerprint density at radius 3 is 2.52 bits per heavy atom. The van der Waals surface area contributed by atoms with E-state index in [1.54, 1.807) is 10.9 Å². The standard InChI is InChI=1S/C19H22N4O5S/c24-10-4-7-17(19(26)22-8-11-29(27,28)12-9-22)21-18(25)15-13-20-23(14-15)16-5-2-1-3-6-16/h1-3,5-6,10,13-14,17H,4,7-9,11-12H2,(H,21,25)/t17-/m0/s1. The number of para-hydroxylation sites is 1. The number of nitrogens with zero attached hydrogens (tertiary/aromatic N) is 3. The van der Waals surface area contributed by atoms with E-state index in [9.17, 15) is 22.8 Å². The molecule has 1 N–H and O–H groups in total. The summed E-state index contributed by atoms with van der Waals surface area (Å²) in [5, 5.41) is 6.82. The molecule has 1 fully saturated rings. The van der Waals surface area contributed by atoms with Gasteiger partial charge in [-0.1, -0.05) is 18.2 Å². The second-order valence-corrected chi connectivity index (χ2v) is 9.06. The molecule has 10 heteroatoms. The summed E-state index contributed by atoms with van der Waals surface area (Å²) >= 11 is 0. The Bertz CT molecular complexity index is 973. The minimum absolute atomic E-state index is 0.0839. The average Bonchev–Trinajstić information content (AvgIpc) is 3.21. The fourth-order valence-electron chi connectivity index (χ4n) is 3.05. The number of rotatable bonds is 7. The van der Waals surface area contributed by atoms with Crippen LogP contribution in [0.4, 0.5) is 0 Å². The van der Waals surface area contributed by atoms with Crippen LogP contribution in [0.1, 0.15) is 23.2 Å². The molecule has 0 aliphatic carbocycles. The van der Waals surface area contributed by atoms with Crippen LogP contribution >= 0.6 is 0 Å².